The number of aryl methyl sites for hydroxylation is 2. The van der Waals surface area contributed by atoms with Crippen LogP contribution in [0.1, 0.15) is 36.8 Å². The predicted molar refractivity (Wildman–Crippen MR) is 84.0 cm³/mol. The van der Waals surface area contributed by atoms with Crippen LogP contribution in [0.4, 0.5) is 0 Å². The van der Waals surface area contributed by atoms with Gasteiger partial charge >= 0.3 is 0 Å². The van der Waals surface area contributed by atoms with Crippen LogP contribution < -0.4 is 0 Å². The van der Waals surface area contributed by atoms with Crippen LogP contribution in [0, 0.1) is 0 Å². The van der Waals surface area contributed by atoms with Crippen molar-refractivity contribution in [3.8, 4) is 0 Å². The lowest BCUT2D eigenvalue weighted by Gasteiger charge is -2.06. The van der Waals surface area contributed by atoms with Gasteiger partial charge < -0.3 is 10.2 Å². The minimum absolute atomic E-state index is 0.280. The SMILES string of the molecule is OCCCCc1ccc2ccc(CCCCO)cc2c1. The number of fused-ring (bicyclic) bond motifs is 1. The summed E-state index contributed by atoms with van der Waals surface area (Å²) in [4.78, 5) is 0. The van der Waals surface area contributed by atoms with Crippen molar-refractivity contribution < 1.29 is 10.2 Å². The van der Waals surface area contributed by atoms with E-state index in [1.165, 1.54) is 21.9 Å². The van der Waals surface area contributed by atoms with Crippen molar-refractivity contribution in [2.45, 2.75) is 38.5 Å². The molecule has 108 valence electrons. The Bertz CT molecular complexity index is 489. The molecule has 2 nitrogen and oxygen atoms in total. The van der Waals surface area contributed by atoms with Gasteiger partial charge in [0.1, 0.15) is 0 Å². The van der Waals surface area contributed by atoms with E-state index in [0.717, 1.165) is 38.5 Å². The van der Waals surface area contributed by atoms with Gasteiger partial charge in [0.2, 0.25) is 0 Å². The zero-order chi connectivity index (χ0) is 14.2. The average molecular weight is 272 g/mol. The van der Waals surface area contributed by atoms with Crippen LogP contribution in [0.3, 0.4) is 0 Å². The summed E-state index contributed by atoms with van der Waals surface area (Å²) in [5, 5.41) is 20.3. The highest BCUT2D eigenvalue weighted by molar-refractivity contribution is 5.83. The van der Waals surface area contributed by atoms with Gasteiger partial charge in [-0.25, -0.2) is 0 Å². The standard InChI is InChI=1S/C18H24O2/c19-11-3-1-5-15-7-9-17-10-8-16(6-2-4-12-20)14-18(17)13-15/h7-10,13-14,19-20H,1-6,11-12H2. The van der Waals surface area contributed by atoms with Gasteiger partial charge in [-0.1, -0.05) is 36.4 Å². The maximum atomic E-state index is 8.84. The molecule has 20 heavy (non-hydrogen) atoms. The number of hydrogen-bond acceptors (Lipinski definition) is 2. The number of hydrogen-bond donors (Lipinski definition) is 2. The van der Waals surface area contributed by atoms with E-state index in [9.17, 15) is 0 Å². The van der Waals surface area contributed by atoms with Crippen molar-refractivity contribution in [1.82, 2.24) is 0 Å². The molecule has 0 aliphatic heterocycles. The normalized spacial score (nSPS) is 11.1. The predicted octanol–water partition coefficient (Wildman–Crippen LogP) is 3.47. The number of aliphatic hydroxyl groups excluding tert-OH is 2. The largest absolute Gasteiger partial charge is 0.396 e. The van der Waals surface area contributed by atoms with Crippen molar-refractivity contribution in [3.05, 3.63) is 47.5 Å². The maximum Gasteiger partial charge on any atom is 0.0431 e. The molecule has 0 aromatic heterocycles. The summed E-state index contributed by atoms with van der Waals surface area (Å²) >= 11 is 0. The van der Waals surface area contributed by atoms with Gasteiger partial charge in [0.25, 0.3) is 0 Å². The molecule has 0 fully saturated rings. The average Bonchev–Trinajstić information content (AvgIpc) is 2.47. The molecular formula is C18H24O2. The van der Waals surface area contributed by atoms with Crippen molar-refractivity contribution in [2.24, 2.45) is 0 Å². The number of rotatable bonds is 8. The Morgan fingerprint density at radius 1 is 0.600 bits per heavy atom. The Labute approximate surface area is 121 Å². The van der Waals surface area contributed by atoms with Crippen LogP contribution in [-0.4, -0.2) is 23.4 Å². The second-order valence-corrected chi connectivity index (χ2v) is 5.38. The molecule has 0 radical (unpaired) electrons. The van der Waals surface area contributed by atoms with Gasteiger partial charge in [0.05, 0.1) is 0 Å². The van der Waals surface area contributed by atoms with Gasteiger partial charge in [-0.05, 0) is 60.4 Å². The fourth-order valence-corrected chi connectivity index (χ4v) is 2.54. The molecule has 0 aliphatic carbocycles. The molecule has 2 aromatic carbocycles. The first-order valence-electron chi connectivity index (χ1n) is 7.57. The first kappa shape index (κ1) is 15.0. The van der Waals surface area contributed by atoms with Gasteiger partial charge in [-0.2, -0.15) is 0 Å². The number of aliphatic hydroxyl groups is 2. The zero-order valence-electron chi connectivity index (χ0n) is 12.0. The van der Waals surface area contributed by atoms with E-state index in [0.29, 0.717) is 0 Å². The molecule has 2 heteroatoms. The highest BCUT2D eigenvalue weighted by Gasteiger charge is 2.00. The first-order valence-corrected chi connectivity index (χ1v) is 7.57. The minimum Gasteiger partial charge on any atom is -0.396 e. The zero-order valence-corrected chi connectivity index (χ0v) is 12.0. The van der Waals surface area contributed by atoms with Crippen molar-refractivity contribution in [1.29, 1.82) is 0 Å². The summed E-state index contributed by atoms with van der Waals surface area (Å²) in [7, 11) is 0. The monoisotopic (exact) mass is 272 g/mol. The third kappa shape index (κ3) is 4.32. The molecule has 0 atom stereocenters. The lowest BCUT2D eigenvalue weighted by molar-refractivity contribution is 0.284. The number of unbranched alkanes of at least 4 members (excludes halogenated alkanes) is 2. The first-order chi connectivity index (χ1) is 9.83. The van der Waals surface area contributed by atoms with Crippen LogP contribution in [-0.2, 0) is 12.8 Å². The van der Waals surface area contributed by atoms with E-state index in [2.05, 4.69) is 36.4 Å². The molecule has 0 heterocycles. The van der Waals surface area contributed by atoms with Crippen molar-refractivity contribution in [2.75, 3.05) is 13.2 Å². The second-order valence-electron chi connectivity index (χ2n) is 5.38. The van der Waals surface area contributed by atoms with Crippen LogP contribution in [0.25, 0.3) is 10.8 Å². The molecule has 2 aromatic rings. The molecule has 2 rings (SSSR count). The van der Waals surface area contributed by atoms with Gasteiger partial charge in [-0.3, -0.25) is 0 Å². The van der Waals surface area contributed by atoms with Crippen molar-refractivity contribution >= 4 is 10.8 Å². The van der Waals surface area contributed by atoms with Gasteiger partial charge in [-0.15, -0.1) is 0 Å². The van der Waals surface area contributed by atoms with E-state index in [1.54, 1.807) is 0 Å². The van der Waals surface area contributed by atoms with Crippen LogP contribution in [0.2, 0.25) is 0 Å². The molecule has 0 aliphatic rings. The third-order valence-electron chi connectivity index (χ3n) is 3.72. The Hall–Kier alpha value is -1.38. The summed E-state index contributed by atoms with van der Waals surface area (Å²) in [6.45, 7) is 0.561. The van der Waals surface area contributed by atoms with Gasteiger partial charge in [0, 0.05) is 13.2 Å². The molecule has 0 amide bonds. The lowest BCUT2D eigenvalue weighted by Crippen LogP contribution is -1.91. The molecule has 2 N–H and O–H groups in total. The molecule has 0 spiro atoms. The fourth-order valence-electron chi connectivity index (χ4n) is 2.54. The third-order valence-corrected chi connectivity index (χ3v) is 3.72. The van der Waals surface area contributed by atoms with E-state index in [-0.39, 0.29) is 13.2 Å². The molecule has 0 unspecified atom stereocenters. The van der Waals surface area contributed by atoms with E-state index >= 15 is 0 Å². The Kier molecular flexibility index (Phi) is 6.03. The smallest absolute Gasteiger partial charge is 0.0431 e. The van der Waals surface area contributed by atoms with Crippen molar-refractivity contribution in [3.63, 3.8) is 0 Å². The molecule has 0 saturated heterocycles. The van der Waals surface area contributed by atoms with Crippen LogP contribution in [0.15, 0.2) is 36.4 Å². The Morgan fingerprint density at radius 2 is 1.10 bits per heavy atom. The lowest BCUT2D eigenvalue weighted by atomic mass is 9.99. The highest BCUT2D eigenvalue weighted by Crippen LogP contribution is 2.20. The summed E-state index contributed by atoms with van der Waals surface area (Å²) in [5.41, 5.74) is 2.69. The summed E-state index contributed by atoms with van der Waals surface area (Å²) in [6, 6.07) is 13.3. The Balaban J connectivity index is 2.08. The fraction of sp³-hybridized carbons (Fsp3) is 0.444. The molecular weight excluding hydrogens is 248 g/mol. The molecule has 0 saturated carbocycles. The van der Waals surface area contributed by atoms with Crippen LogP contribution >= 0.6 is 0 Å². The summed E-state index contributed by atoms with van der Waals surface area (Å²) < 4.78 is 0. The molecule has 0 bridgehead atoms. The summed E-state index contributed by atoms with van der Waals surface area (Å²) in [5.74, 6) is 0. The van der Waals surface area contributed by atoms with E-state index in [1.807, 2.05) is 0 Å². The second kappa shape index (κ2) is 8.03. The topological polar surface area (TPSA) is 40.5 Å². The quantitative estimate of drug-likeness (QED) is 0.722. The summed E-state index contributed by atoms with van der Waals surface area (Å²) in [6.07, 6.45) is 5.89. The number of benzene rings is 2. The van der Waals surface area contributed by atoms with Gasteiger partial charge in [0.15, 0.2) is 0 Å². The highest BCUT2D eigenvalue weighted by atomic mass is 16.3. The Morgan fingerprint density at radius 3 is 1.55 bits per heavy atom. The van der Waals surface area contributed by atoms with E-state index < -0.39 is 0 Å². The minimum atomic E-state index is 0.280. The van der Waals surface area contributed by atoms with E-state index in [4.69, 9.17) is 10.2 Å². The van der Waals surface area contributed by atoms with Crippen LogP contribution in [0.5, 0.6) is 0 Å². The maximum absolute atomic E-state index is 8.84.